The van der Waals surface area contributed by atoms with Gasteiger partial charge in [0.15, 0.2) is 0 Å². The SMILES string of the molecule is CCC(CCc1cnn(C)c1)C(C)O. The van der Waals surface area contributed by atoms with Crippen LogP contribution < -0.4 is 0 Å². The molecule has 3 heteroatoms. The summed E-state index contributed by atoms with van der Waals surface area (Å²) in [5, 5.41) is 13.6. The van der Waals surface area contributed by atoms with E-state index >= 15 is 0 Å². The summed E-state index contributed by atoms with van der Waals surface area (Å²) in [5.41, 5.74) is 1.26. The minimum atomic E-state index is -0.198. The lowest BCUT2D eigenvalue weighted by atomic mass is 9.94. The fourth-order valence-electron chi connectivity index (χ4n) is 1.74. The second-order valence-corrected chi connectivity index (χ2v) is 3.97. The van der Waals surface area contributed by atoms with Gasteiger partial charge in [-0.3, -0.25) is 4.68 Å². The highest BCUT2D eigenvalue weighted by molar-refractivity contribution is 5.03. The quantitative estimate of drug-likeness (QED) is 0.779. The van der Waals surface area contributed by atoms with Gasteiger partial charge in [0.25, 0.3) is 0 Å². The van der Waals surface area contributed by atoms with Crippen LogP contribution in [0.1, 0.15) is 32.3 Å². The van der Waals surface area contributed by atoms with Gasteiger partial charge in [-0.25, -0.2) is 0 Å². The lowest BCUT2D eigenvalue weighted by molar-refractivity contribution is 0.118. The van der Waals surface area contributed by atoms with Crippen LogP contribution in [0.15, 0.2) is 12.4 Å². The second kappa shape index (κ2) is 5.15. The molecule has 0 amide bonds. The molecule has 1 N–H and O–H groups in total. The van der Waals surface area contributed by atoms with Crippen LogP contribution in [0.5, 0.6) is 0 Å². The molecule has 2 atom stereocenters. The summed E-state index contributed by atoms with van der Waals surface area (Å²) < 4.78 is 1.82. The molecule has 0 spiro atoms. The normalized spacial score (nSPS) is 15.4. The van der Waals surface area contributed by atoms with Crippen LogP contribution in [0.4, 0.5) is 0 Å². The average molecular weight is 196 g/mol. The van der Waals surface area contributed by atoms with Gasteiger partial charge in [0.1, 0.15) is 0 Å². The number of aryl methyl sites for hydroxylation is 2. The molecule has 0 aromatic carbocycles. The molecule has 1 aromatic rings. The number of hydrogen-bond donors (Lipinski definition) is 1. The highest BCUT2D eigenvalue weighted by Gasteiger charge is 2.12. The molecule has 0 saturated carbocycles. The zero-order valence-corrected chi connectivity index (χ0v) is 9.27. The zero-order valence-electron chi connectivity index (χ0n) is 9.27. The van der Waals surface area contributed by atoms with E-state index in [0.717, 1.165) is 19.3 Å². The van der Waals surface area contributed by atoms with Crippen molar-refractivity contribution in [1.29, 1.82) is 0 Å². The van der Waals surface area contributed by atoms with Crippen LogP contribution >= 0.6 is 0 Å². The Bertz CT molecular complexity index is 268. The zero-order chi connectivity index (χ0) is 10.6. The van der Waals surface area contributed by atoms with Crippen molar-refractivity contribution in [2.45, 2.75) is 39.2 Å². The molecule has 0 aliphatic rings. The maximum Gasteiger partial charge on any atom is 0.0540 e. The van der Waals surface area contributed by atoms with Crippen LogP contribution in [0.25, 0.3) is 0 Å². The molecule has 0 aliphatic heterocycles. The smallest absolute Gasteiger partial charge is 0.0540 e. The Morgan fingerprint density at radius 3 is 2.71 bits per heavy atom. The Labute approximate surface area is 85.8 Å². The van der Waals surface area contributed by atoms with Gasteiger partial charge in [-0.05, 0) is 31.2 Å². The topological polar surface area (TPSA) is 38.0 Å². The van der Waals surface area contributed by atoms with Crippen LogP contribution in [0, 0.1) is 5.92 Å². The summed E-state index contributed by atoms with van der Waals surface area (Å²) in [6.07, 6.45) is 6.83. The summed E-state index contributed by atoms with van der Waals surface area (Å²) in [7, 11) is 1.93. The molecular formula is C11H20N2O. The third kappa shape index (κ3) is 3.14. The first-order valence-corrected chi connectivity index (χ1v) is 5.29. The number of aromatic nitrogens is 2. The molecule has 80 valence electrons. The predicted octanol–water partition coefficient (Wildman–Crippen LogP) is 1.76. The van der Waals surface area contributed by atoms with Crippen molar-refractivity contribution < 1.29 is 5.11 Å². The van der Waals surface area contributed by atoms with Crippen molar-refractivity contribution in [3.8, 4) is 0 Å². The van der Waals surface area contributed by atoms with E-state index in [1.807, 2.05) is 31.0 Å². The van der Waals surface area contributed by atoms with Crippen molar-refractivity contribution >= 4 is 0 Å². The number of aliphatic hydroxyl groups excluding tert-OH is 1. The molecule has 0 fully saturated rings. The maximum absolute atomic E-state index is 9.47. The lowest BCUT2D eigenvalue weighted by Crippen LogP contribution is -2.16. The number of aliphatic hydroxyl groups is 1. The number of hydrogen-bond acceptors (Lipinski definition) is 2. The highest BCUT2D eigenvalue weighted by atomic mass is 16.3. The van der Waals surface area contributed by atoms with Gasteiger partial charge in [0.05, 0.1) is 12.3 Å². The highest BCUT2D eigenvalue weighted by Crippen LogP contribution is 2.16. The lowest BCUT2D eigenvalue weighted by Gasteiger charge is -2.16. The Morgan fingerprint density at radius 2 is 2.29 bits per heavy atom. The maximum atomic E-state index is 9.47. The molecule has 14 heavy (non-hydrogen) atoms. The van der Waals surface area contributed by atoms with E-state index in [1.54, 1.807) is 0 Å². The molecule has 1 rings (SSSR count). The van der Waals surface area contributed by atoms with Crippen molar-refractivity contribution in [1.82, 2.24) is 9.78 Å². The predicted molar refractivity (Wildman–Crippen MR) is 57.0 cm³/mol. The first-order chi connectivity index (χ1) is 6.63. The van der Waals surface area contributed by atoms with Gasteiger partial charge in [-0.15, -0.1) is 0 Å². The van der Waals surface area contributed by atoms with Gasteiger partial charge in [-0.1, -0.05) is 13.3 Å². The third-order valence-corrected chi connectivity index (χ3v) is 2.77. The van der Waals surface area contributed by atoms with E-state index in [9.17, 15) is 5.11 Å². The summed E-state index contributed by atoms with van der Waals surface area (Å²) in [6.45, 7) is 4.00. The average Bonchev–Trinajstić information content (AvgIpc) is 2.52. The fraction of sp³-hybridized carbons (Fsp3) is 0.727. The van der Waals surface area contributed by atoms with Crippen LogP contribution in [-0.4, -0.2) is 21.0 Å². The Hall–Kier alpha value is -0.830. The summed E-state index contributed by atoms with van der Waals surface area (Å²) in [6, 6.07) is 0. The monoisotopic (exact) mass is 196 g/mol. The molecule has 3 nitrogen and oxygen atoms in total. The van der Waals surface area contributed by atoms with Crippen LogP contribution in [0.2, 0.25) is 0 Å². The Kier molecular flexibility index (Phi) is 4.14. The molecule has 2 unspecified atom stereocenters. The standard InChI is InChI=1S/C11H20N2O/c1-4-11(9(2)14)6-5-10-7-12-13(3)8-10/h7-9,11,14H,4-6H2,1-3H3. The minimum absolute atomic E-state index is 0.198. The second-order valence-electron chi connectivity index (χ2n) is 3.97. The summed E-state index contributed by atoms with van der Waals surface area (Å²) >= 11 is 0. The van der Waals surface area contributed by atoms with E-state index in [0.29, 0.717) is 5.92 Å². The van der Waals surface area contributed by atoms with E-state index in [2.05, 4.69) is 12.0 Å². The molecule has 0 aliphatic carbocycles. The van der Waals surface area contributed by atoms with Crippen LogP contribution in [-0.2, 0) is 13.5 Å². The molecule has 1 aromatic heterocycles. The first kappa shape index (κ1) is 11.2. The molecular weight excluding hydrogens is 176 g/mol. The molecule has 0 bridgehead atoms. The summed E-state index contributed by atoms with van der Waals surface area (Å²) in [5.74, 6) is 0.412. The fourth-order valence-corrected chi connectivity index (χ4v) is 1.74. The van der Waals surface area contributed by atoms with Gasteiger partial charge >= 0.3 is 0 Å². The van der Waals surface area contributed by atoms with Gasteiger partial charge in [-0.2, -0.15) is 5.10 Å². The van der Waals surface area contributed by atoms with Gasteiger partial charge in [0, 0.05) is 13.2 Å². The number of rotatable bonds is 5. The third-order valence-electron chi connectivity index (χ3n) is 2.77. The largest absolute Gasteiger partial charge is 0.393 e. The summed E-state index contributed by atoms with van der Waals surface area (Å²) in [4.78, 5) is 0. The Balaban J connectivity index is 2.39. The van der Waals surface area contributed by atoms with E-state index in [-0.39, 0.29) is 6.10 Å². The number of nitrogens with zero attached hydrogens (tertiary/aromatic N) is 2. The Morgan fingerprint density at radius 1 is 1.57 bits per heavy atom. The molecule has 1 heterocycles. The molecule has 0 radical (unpaired) electrons. The van der Waals surface area contributed by atoms with Gasteiger partial charge in [0.2, 0.25) is 0 Å². The van der Waals surface area contributed by atoms with E-state index < -0.39 is 0 Å². The van der Waals surface area contributed by atoms with E-state index in [1.165, 1.54) is 5.56 Å². The first-order valence-electron chi connectivity index (χ1n) is 5.29. The van der Waals surface area contributed by atoms with Crippen molar-refractivity contribution in [2.75, 3.05) is 0 Å². The van der Waals surface area contributed by atoms with Crippen molar-refractivity contribution in [2.24, 2.45) is 13.0 Å². The van der Waals surface area contributed by atoms with Gasteiger partial charge < -0.3 is 5.11 Å². The minimum Gasteiger partial charge on any atom is -0.393 e. The van der Waals surface area contributed by atoms with Crippen molar-refractivity contribution in [3.63, 3.8) is 0 Å². The van der Waals surface area contributed by atoms with E-state index in [4.69, 9.17) is 0 Å². The van der Waals surface area contributed by atoms with Crippen LogP contribution in [0.3, 0.4) is 0 Å². The molecule has 0 saturated heterocycles. The van der Waals surface area contributed by atoms with Crippen molar-refractivity contribution in [3.05, 3.63) is 18.0 Å².